The Hall–Kier alpha value is -4.01. The van der Waals surface area contributed by atoms with Gasteiger partial charge >= 0.3 is 5.97 Å². The number of carbonyl (C=O) groups is 2. The van der Waals surface area contributed by atoms with Crippen LogP contribution in [0.5, 0.6) is 0 Å². The number of esters is 1. The molecule has 0 saturated carbocycles. The molecule has 4 aromatic rings. The van der Waals surface area contributed by atoms with Gasteiger partial charge in [-0.2, -0.15) is 0 Å². The second-order valence-corrected chi connectivity index (χ2v) is 9.14. The Morgan fingerprint density at radius 3 is 2.67 bits per heavy atom. The van der Waals surface area contributed by atoms with Crippen LogP contribution < -0.4 is 11.1 Å². The van der Waals surface area contributed by atoms with E-state index in [1.165, 1.54) is 0 Å². The first-order chi connectivity index (χ1) is 17.3. The zero-order valence-electron chi connectivity index (χ0n) is 21.0. The van der Waals surface area contributed by atoms with E-state index in [1.807, 2.05) is 55.5 Å². The molecule has 0 aliphatic heterocycles. The molecule has 2 aromatic heterocycles. The lowest BCUT2D eigenvalue weighted by molar-refractivity contribution is -0.147. The van der Waals surface area contributed by atoms with Crippen molar-refractivity contribution in [1.82, 2.24) is 19.6 Å². The second kappa shape index (κ2) is 11.2. The van der Waals surface area contributed by atoms with Crippen LogP contribution in [0.25, 0.3) is 16.7 Å². The predicted molar refractivity (Wildman–Crippen MR) is 140 cm³/mol. The Morgan fingerprint density at radius 2 is 1.89 bits per heavy atom. The summed E-state index contributed by atoms with van der Waals surface area (Å²) in [6.07, 6.45) is 3.09. The topological polar surface area (TPSA) is 124 Å². The molecule has 0 spiro atoms. The van der Waals surface area contributed by atoms with Crippen LogP contribution in [0.4, 0.5) is 11.5 Å². The number of aryl methyl sites for hydroxylation is 1. The number of nitrogens with two attached hydrogens (primary N) is 1. The van der Waals surface area contributed by atoms with E-state index in [1.54, 1.807) is 12.1 Å². The van der Waals surface area contributed by atoms with Gasteiger partial charge in [0.2, 0.25) is 5.65 Å². The van der Waals surface area contributed by atoms with Crippen molar-refractivity contribution in [2.45, 2.75) is 59.0 Å². The van der Waals surface area contributed by atoms with E-state index in [2.05, 4.69) is 15.5 Å². The maximum Gasteiger partial charge on any atom is 0.306 e. The number of Topliss-reactive ketones (excluding diaryl/α,β-unsaturated/α-hetero) is 1. The summed E-state index contributed by atoms with van der Waals surface area (Å²) in [5.74, 6) is 1.16. The van der Waals surface area contributed by atoms with Crippen molar-refractivity contribution in [3.05, 3.63) is 59.4 Å². The number of nitrogens with zero attached hydrogens (tertiary/aromatic N) is 4. The van der Waals surface area contributed by atoms with E-state index in [9.17, 15) is 9.59 Å². The number of hydrogen-bond acceptors (Lipinski definition) is 8. The number of nitrogens with one attached hydrogen (secondary N) is 1. The molecule has 0 aliphatic carbocycles. The third-order valence-electron chi connectivity index (χ3n) is 5.93. The summed E-state index contributed by atoms with van der Waals surface area (Å²) in [7, 11) is 0. The third-order valence-corrected chi connectivity index (χ3v) is 5.93. The Kier molecular flexibility index (Phi) is 7.77. The van der Waals surface area contributed by atoms with Gasteiger partial charge in [0, 0.05) is 30.6 Å². The number of benzene rings is 2. The number of aromatic nitrogens is 4. The SMILES string of the molecule is Cc1nnc2c(NCCCCCC(=O)OC(C)C)nc3cc(C(=O)Cc4ccccc4N)ccc3n12. The van der Waals surface area contributed by atoms with Gasteiger partial charge in [-0.3, -0.25) is 14.0 Å². The largest absolute Gasteiger partial charge is 0.463 e. The highest BCUT2D eigenvalue weighted by molar-refractivity contribution is 6.01. The minimum absolute atomic E-state index is 0.0253. The lowest BCUT2D eigenvalue weighted by Gasteiger charge is -2.11. The van der Waals surface area contributed by atoms with Gasteiger partial charge in [0.15, 0.2) is 11.6 Å². The molecule has 0 bridgehead atoms. The van der Waals surface area contributed by atoms with Crippen LogP contribution in [-0.2, 0) is 16.0 Å². The number of carbonyl (C=O) groups excluding carboxylic acids is 2. The predicted octanol–water partition coefficient (Wildman–Crippen LogP) is 4.52. The molecule has 36 heavy (non-hydrogen) atoms. The van der Waals surface area contributed by atoms with Crippen LogP contribution >= 0.6 is 0 Å². The summed E-state index contributed by atoms with van der Waals surface area (Å²) in [5.41, 5.74) is 10.2. The molecule has 9 nitrogen and oxygen atoms in total. The van der Waals surface area contributed by atoms with E-state index in [4.69, 9.17) is 15.5 Å². The second-order valence-electron chi connectivity index (χ2n) is 9.14. The highest BCUT2D eigenvalue weighted by Crippen LogP contribution is 2.24. The lowest BCUT2D eigenvalue weighted by Crippen LogP contribution is -2.11. The van der Waals surface area contributed by atoms with Crippen molar-refractivity contribution < 1.29 is 14.3 Å². The Balaban J connectivity index is 1.48. The molecule has 9 heteroatoms. The maximum absolute atomic E-state index is 13.0. The van der Waals surface area contributed by atoms with Crippen molar-refractivity contribution in [2.24, 2.45) is 0 Å². The molecule has 0 aliphatic rings. The van der Waals surface area contributed by atoms with Crippen molar-refractivity contribution >= 4 is 39.9 Å². The molecule has 4 rings (SSSR count). The summed E-state index contributed by atoms with van der Waals surface area (Å²) in [4.78, 5) is 29.4. The van der Waals surface area contributed by atoms with E-state index < -0.39 is 0 Å². The van der Waals surface area contributed by atoms with Crippen LogP contribution in [0.2, 0.25) is 0 Å². The van der Waals surface area contributed by atoms with Gasteiger partial charge in [-0.25, -0.2) is 4.98 Å². The summed E-state index contributed by atoms with van der Waals surface area (Å²) in [6.45, 7) is 6.26. The van der Waals surface area contributed by atoms with Gasteiger partial charge in [-0.15, -0.1) is 10.2 Å². The minimum atomic E-state index is -0.157. The maximum atomic E-state index is 13.0. The molecule has 0 saturated heterocycles. The highest BCUT2D eigenvalue weighted by Gasteiger charge is 2.16. The van der Waals surface area contributed by atoms with Crippen molar-refractivity contribution in [2.75, 3.05) is 17.6 Å². The van der Waals surface area contributed by atoms with E-state index in [0.717, 1.165) is 36.2 Å². The van der Waals surface area contributed by atoms with Crippen LogP contribution in [0.1, 0.15) is 61.3 Å². The van der Waals surface area contributed by atoms with Gasteiger partial charge in [0.25, 0.3) is 0 Å². The van der Waals surface area contributed by atoms with Crippen LogP contribution in [0.15, 0.2) is 42.5 Å². The highest BCUT2D eigenvalue weighted by atomic mass is 16.5. The summed E-state index contributed by atoms with van der Waals surface area (Å²) in [6, 6.07) is 12.9. The molecule has 0 unspecified atom stereocenters. The number of rotatable bonds is 11. The van der Waals surface area contributed by atoms with Crippen LogP contribution in [0.3, 0.4) is 0 Å². The average Bonchev–Trinajstić information content (AvgIpc) is 3.23. The molecule has 3 N–H and O–H groups in total. The number of unbranched alkanes of at least 4 members (excludes halogenated alkanes) is 2. The van der Waals surface area contributed by atoms with E-state index >= 15 is 0 Å². The Labute approximate surface area is 210 Å². The van der Waals surface area contributed by atoms with Crippen LogP contribution in [0, 0.1) is 6.92 Å². The number of anilines is 2. The normalized spacial score (nSPS) is 11.3. The smallest absolute Gasteiger partial charge is 0.306 e. The third kappa shape index (κ3) is 5.79. The number of ketones is 1. The summed E-state index contributed by atoms with van der Waals surface area (Å²) in [5, 5.41) is 11.9. The van der Waals surface area contributed by atoms with Gasteiger partial charge in [0.1, 0.15) is 5.82 Å². The van der Waals surface area contributed by atoms with Crippen molar-refractivity contribution in [3.63, 3.8) is 0 Å². The van der Waals surface area contributed by atoms with Gasteiger partial charge in [-0.1, -0.05) is 24.6 Å². The zero-order valence-corrected chi connectivity index (χ0v) is 21.0. The molecule has 2 aromatic carbocycles. The fourth-order valence-corrected chi connectivity index (χ4v) is 4.14. The van der Waals surface area contributed by atoms with Crippen molar-refractivity contribution in [3.8, 4) is 0 Å². The van der Waals surface area contributed by atoms with Crippen LogP contribution in [-0.4, -0.2) is 44.0 Å². The number of nitrogen functional groups attached to an aromatic ring is 1. The number of para-hydroxylation sites is 1. The van der Waals surface area contributed by atoms with E-state index in [0.29, 0.717) is 41.2 Å². The molecule has 188 valence electrons. The molecule has 0 atom stereocenters. The minimum Gasteiger partial charge on any atom is -0.463 e. The average molecular weight is 489 g/mol. The molecular formula is C27H32N6O3. The first kappa shape index (κ1) is 25.1. The standard InChI is InChI=1S/C27H32N6O3/c1-17(2)36-25(35)11-5-4-8-14-29-26-27-32-31-18(3)33(27)23-13-12-20(15-22(23)30-26)24(34)16-19-9-6-7-10-21(19)28/h6-7,9-10,12-13,15,17H,4-5,8,11,14,16,28H2,1-3H3,(H,29,30). The quantitative estimate of drug-likeness (QED) is 0.137. The summed E-state index contributed by atoms with van der Waals surface area (Å²) >= 11 is 0. The monoisotopic (exact) mass is 488 g/mol. The molecule has 0 fully saturated rings. The Bertz CT molecular complexity index is 1400. The number of ether oxygens (including phenoxy) is 1. The number of hydrogen-bond donors (Lipinski definition) is 2. The van der Waals surface area contributed by atoms with Gasteiger partial charge < -0.3 is 15.8 Å². The molecular weight excluding hydrogens is 456 g/mol. The fourth-order valence-electron chi connectivity index (χ4n) is 4.14. The number of fused-ring (bicyclic) bond motifs is 3. The molecule has 0 radical (unpaired) electrons. The molecule has 2 heterocycles. The first-order valence-corrected chi connectivity index (χ1v) is 12.3. The zero-order chi connectivity index (χ0) is 25.7. The Morgan fingerprint density at radius 1 is 1.08 bits per heavy atom. The lowest BCUT2D eigenvalue weighted by atomic mass is 10.0. The first-order valence-electron chi connectivity index (χ1n) is 12.3. The van der Waals surface area contributed by atoms with Crippen molar-refractivity contribution in [1.29, 1.82) is 0 Å². The van der Waals surface area contributed by atoms with Gasteiger partial charge in [-0.05, 0) is 63.4 Å². The van der Waals surface area contributed by atoms with Gasteiger partial charge in [0.05, 0.1) is 17.1 Å². The molecule has 0 amide bonds. The fraction of sp³-hybridized carbons (Fsp3) is 0.370. The summed E-state index contributed by atoms with van der Waals surface area (Å²) < 4.78 is 7.11. The van der Waals surface area contributed by atoms with E-state index in [-0.39, 0.29) is 24.3 Å².